The summed E-state index contributed by atoms with van der Waals surface area (Å²) in [5.74, 6) is -0.264. The van der Waals surface area contributed by atoms with Gasteiger partial charge in [-0.1, -0.05) is 11.8 Å². The van der Waals surface area contributed by atoms with Gasteiger partial charge in [0.25, 0.3) is 0 Å². The zero-order valence-electron chi connectivity index (χ0n) is 7.43. The third-order valence-corrected chi connectivity index (χ3v) is 2.39. The van der Waals surface area contributed by atoms with Crippen molar-refractivity contribution >= 4 is 23.1 Å². The Kier molecular flexibility index (Phi) is 3.31. The first-order valence-electron chi connectivity index (χ1n) is 3.77. The van der Waals surface area contributed by atoms with Gasteiger partial charge >= 0.3 is 0 Å². The van der Waals surface area contributed by atoms with Gasteiger partial charge in [0.2, 0.25) is 0 Å². The fourth-order valence-electron chi connectivity index (χ4n) is 1.000. The van der Waals surface area contributed by atoms with Crippen LogP contribution < -0.4 is 5.32 Å². The van der Waals surface area contributed by atoms with E-state index in [1.54, 1.807) is 20.0 Å². The van der Waals surface area contributed by atoms with Crippen LogP contribution in [0.1, 0.15) is 5.56 Å². The van der Waals surface area contributed by atoms with Crippen molar-refractivity contribution in [3.63, 3.8) is 0 Å². The van der Waals surface area contributed by atoms with Crippen LogP contribution in [-0.2, 0) is 4.79 Å². The van der Waals surface area contributed by atoms with Crippen LogP contribution in [0, 0.1) is 12.7 Å². The maximum atomic E-state index is 13.0. The molecule has 0 atom stereocenters. The molecule has 1 aromatic rings. The SMILES string of the molecule is CNc1cc(F)c(C)cc1SC=O. The highest BCUT2D eigenvalue weighted by molar-refractivity contribution is 8.12. The van der Waals surface area contributed by atoms with Crippen molar-refractivity contribution in [3.8, 4) is 0 Å². The minimum Gasteiger partial charge on any atom is -0.387 e. The van der Waals surface area contributed by atoms with Crippen LogP contribution >= 0.6 is 11.8 Å². The van der Waals surface area contributed by atoms with Crippen molar-refractivity contribution in [1.82, 2.24) is 0 Å². The average molecular weight is 199 g/mol. The summed E-state index contributed by atoms with van der Waals surface area (Å²) in [6, 6.07) is 3.04. The fraction of sp³-hybridized carbons (Fsp3) is 0.222. The summed E-state index contributed by atoms with van der Waals surface area (Å²) in [6.07, 6.45) is 0. The Labute approximate surface area is 80.5 Å². The lowest BCUT2D eigenvalue weighted by molar-refractivity contribution is 0.570. The first-order valence-corrected chi connectivity index (χ1v) is 4.65. The Morgan fingerprint density at radius 1 is 1.54 bits per heavy atom. The van der Waals surface area contributed by atoms with Gasteiger partial charge in [0.05, 0.1) is 5.69 Å². The number of hydrogen-bond acceptors (Lipinski definition) is 3. The summed E-state index contributed by atoms with van der Waals surface area (Å²) < 4.78 is 13.0. The summed E-state index contributed by atoms with van der Waals surface area (Å²) in [6.45, 7) is 1.67. The Morgan fingerprint density at radius 3 is 2.77 bits per heavy atom. The van der Waals surface area contributed by atoms with Crippen molar-refractivity contribution in [2.45, 2.75) is 11.8 Å². The Balaban J connectivity index is 3.15. The molecule has 1 aromatic carbocycles. The molecular formula is C9H10FNOS. The van der Waals surface area contributed by atoms with E-state index < -0.39 is 0 Å². The molecule has 70 valence electrons. The van der Waals surface area contributed by atoms with Crippen molar-refractivity contribution in [3.05, 3.63) is 23.5 Å². The highest BCUT2D eigenvalue weighted by atomic mass is 32.2. The molecule has 0 amide bonds. The highest BCUT2D eigenvalue weighted by Gasteiger charge is 2.05. The van der Waals surface area contributed by atoms with E-state index in [-0.39, 0.29) is 5.82 Å². The van der Waals surface area contributed by atoms with Crippen LogP contribution in [-0.4, -0.2) is 12.7 Å². The summed E-state index contributed by atoms with van der Waals surface area (Å²) in [5, 5.41) is 2.83. The number of nitrogens with one attached hydrogen (secondary N) is 1. The van der Waals surface area contributed by atoms with E-state index in [4.69, 9.17) is 0 Å². The van der Waals surface area contributed by atoms with Gasteiger partial charge in [-0.15, -0.1) is 0 Å². The largest absolute Gasteiger partial charge is 0.387 e. The lowest BCUT2D eigenvalue weighted by atomic mass is 10.2. The van der Waals surface area contributed by atoms with Crippen LogP contribution in [0.3, 0.4) is 0 Å². The summed E-state index contributed by atoms with van der Waals surface area (Å²) in [4.78, 5) is 11.0. The van der Waals surface area contributed by atoms with E-state index in [0.29, 0.717) is 11.3 Å². The van der Waals surface area contributed by atoms with Crippen LogP contribution in [0.25, 0.3) is 0 Å². The third-order valence-electron chi connectivity index (χ3n) is 1.71. The molecule has 13 heavy (non-hydrogen) atoms. The monoisotopic (exact) mass is 199 g/mol. The van der Waals surface area contributed by atoms with Gasteiger partial charge in [-0.05, 0) is 24.6 Å². The van der Waals surface area contributed by atoms with Crippen molar-refractivity contribution in [1.29, 1.82) is 0 Å². The molecule has 0 bridgehead atoms. The predicted octanol–water partition coefficient (Wildman–Crippen LogP) is 2.46. The molecule has 1 N–H and O–H groups in total. The molecule has 0 saturated heterocycles. The molecule has 0 aliphatic heterocycles. The van der Waals surface area contributed by atoms with Crippen molar-refractivity contribution in [2.24, 2.45) is 0 Å². The first-order chi connectivity index (χ1) is 6.19. The Bertz CT molecular complexity index is 328. The number of carbonyl (C=O) groups excluding carboxylic acids is 1. The molecule has 0 radical (unpaired) electrons. The third kappa shape index (κ3) is 2.21. The zero-order chi connectivity index (χ0) is 9.84. The van der Waals surface area contributed by atoms with E-state index in [1.165, 1.54) is 6.07 Å². The van der Waals surface area contributed by atoms with Crippen LogP contribution in [0.4, 0.5) is 10.1 Å². The molecule has 0 aliphatic rings. The molecule has 0 unspecified atom stereocenters. The van der Waals surface area contributed by atoms with E-state index in [2.05, 4.69) is 5.32 Å². The number of aryl methyl sites for hydroxylation is 1. The van der Waals surface area contributed by atoms with Gasteiger partial charge in [0, 0.05) is 11.9 Å². The van der Waals surface area contributed by atoms with Crippen LogP contribution in [0.2, 0.25) is 0 Å². The topological polar surface area (TPSA) is 29.1 Å². The van der Waals surface area contributed by atoms with Crippen LogP contribution in [0.15, 0.2) is 17.0 Å². The second-order valence-electron chi connectivity index (χ2n) is 2.56. The second-order valence-corrected chi connectivity index (χ2v) is 3.43. The predicted molar refractivity (Wildman–Crippen MR) is 53.3 cm³/mol. The normalized spacial score (nSPS) is 9.77. The molecular weight excluding hydrogens is 189 g/mol. The maximum Gasteiger partial charge on any atom is 0.181 e. The summed E-state index contributed by atoms with van der Waals surface area (Å²) in [5.41, 5.74) is 1.91. The second kappa shape index (κ2) is 4.28. The molecule has 0 heterocycles. The highest BCUT2D eigenvalue weighted by Crippen LogP contribution is 2.27. The molecule has 4 heteroatoms. The maximum absolute atomic E-state index is 13.0. The van der Waals surface area contributed by atoms with Crippen molar-refractivity contribution in [2.75, 3.05) is 12.4 Å². The number of benzene rings is 1. The number of hydrogen-bond donors (Lipinski definition) is 1. The number of thioether (sulfide) groups is 1. The number of carbonyl (C=O) groups is 1. The molecule has 0 saturated carbocycles. The van der Waals surface area contributed by atoms with Gasteiger partial charge in [0.1, 0.15) is 5.82 Å². The van der Waals surface area contributed by atoms with E-state index in [1.807, 2.05) is 0 Å². The van der Waals surface area contributed by atoms with Gasteiger partial charge in [-0.25, -0.2) is 4.39 Å². The number of anilines is 1. The average Bonchev–Trinajstić information content (AvgIpc) is 2.11. The first kappa shape index (κ1) is 10.1. The standard InChI is InChI=1S/C9H10FNOS/c1-6-3-9(13-5-12)8(11-2)4-7(6)10/h3-5,11H,1-2H3. The lowest BCUT2D eigenvalue weighted by Crippen LogP contribution is -1.94. The Morgan fingerprint density at radius 2 is 2.23 bits per heavy atom. The smallest absolute Gasteiger partial charge is 0.181 e. The van der Waals surface area contributed by atoms with Crippen LogP contribution in [0.5, 0.6) is 0 Å². The minimum absolute atomic E-state index is 0.264. The van der Waals surface area contributed by atoms with Gasteiger partial charge < -0.3 is 5.32 Å². The number of rotatable bonds is 3. The minimum atomic E-state index is -0.264. The van der Waals surface area contributed by atoms with Gasteiger partial charge in [-0.2, -0.15) is 0 Å². The van der Waals surface area contributed by atoms with E-state index >= 15 is 0 Å². The van der Waals surface area contributed by atoms with E-state index in [0.717, 1.165) is 22.3 Å². The lowest BCUT2D eigenvalue weighted by Gasteiger charge is -2.07. The molecule has 0 aromatic heterocycles. The fourth-order valence-corrected chi connectivity index (χ4v) is 1.64. The van der Waals surface area contributed by atoms with Gasteiger partial charge in [0.15, 0.2) is 5.62 Å². The molecule has 0 fully saturated rings. The number of halogens is 1. The summed E-state index contributed by atoms with van der Waals surface area (Å²) in [7, 11) is 1.69. The Hall–Kier alpha value is -1.03. The quantitative estimate of drug-likeness (QED) is 0.599. The van der Waals surface area contributed by atoms with Gasteiger partial charge in [-0.3, -0.25) is 4.79 Å². The molecule has 2 nitrogen and oxygen atoms in total. The van der Waals surface area contributed by atoms with E-state index in [9.17, 15) is 9.18 Å². The van der Waals surface area contributed by atoms with Crippen molar-refractivity contribution < 1.29 is 9.18 Å². The molecule has 1 rings (SSSR count). The molecule has 0 spiro atoms. The molecule has 0 aliphatic carbocycles. The zero-order valence-corrected chi connectivity index (χ0v) is 8.24. The summed E-state index contributed by atoms with van der Waals surface area (Å²) >= 11 is 1.04.